The summed E-state index contributed by atoms with van der Waals surface area (Å²) >= 11 is 1.64. The van der Waals surface area contributed by atoms with Crippen LogP contribution < -0.4 is 10.1 Å². The van der Waals surface area contributed by atoms with Crippen LogP contribution in [0.1, 0.15) is 39.1 Å². The first-order valence-corrected chi connectivity index (χ1v) is 10.4. The molecule has 6 nitrogen and oxygen atoms in total. The van der Waals surface area contributed by atoms with Crippen LogP contribution in [0.25, 0.3) is 21.3 Å². The molecule has 0 bridgehead atoms. The number of carbonyl (C=O) groups excluding carboxylic acids is 1. The van der Waals surface area contributed by atoms with Crippen LogP contribution in [0.15, 0.2) is 24.5 Å². The van der Waals surface area contributed by atoms with E-state index in [1.165, 1.54) is 0 Å². The van der Waals surface area contributed by atoms with Crippen LogP contribution in [0.2, 0.25) is 0 Å². The van der Waals surface area contributed by atoms with Gasteiger partial charge in [-0.3, -0.25) is 9.48 Å². The second kappa shape index (κ2) is 6.88. The number of carbonyl (C=O) groups is 1. The third-order valence-electron chi connectivity index (χ3n) is 5.15. The summed E-state index contributed by atoms with van der Waals surface area (Å²) in [6, 6.07) is 4.17. The number of thiazole rings is 1. The number of aromatic nitrogens is 3. The molecule has 0 radical (unpaired) electrons. The van der Waals surface area contributed by atoms with Crippen molar-refractivity contribution < 1.29 is 9.53 Å². The topological polar surface area (TPSA) is 69.0 Å². The van der Waals surface area contributed by atoms with E-state index in [2.05, 4.69) is 54.5 Å². The molecule has 1 aliphatic rings. The van der Waals surface area contributed by atoms with Crippen LogP contribution in [0, 0.1) is 12.8 Å². The molecule has 1 N–H and O–H groups in total. The van der Waals surface area contributed by atoms with E-state index >= 15 is 0 Å². The number of hydrogen-bond donors (Lipinski definition) is 1. The van der Waals surface area contributed by atoms with Gasteiger partial charge in [-0.1, -0.05) is 0 Å². The number of nitrogens with one attached hydrogen (secondary N) is 1. The minimum Gasteiger partial charge on any atom is -0.489 e. The standard InChI is InChI=1S/C21H26N4O2S/c1-12(15-8-19(26)22-9-15)27-18-7-14(6-17-20(18)28-13(2)24-17)16-10-23-25(11-16)21(3,4)5/h6-7,10-12,15H,8-9H2,1-5H3,(H,22,26). The Morgan fingerprint density at radius 3 is 2.75 bits per heavy atom. The van der Waals surface area contributed by atoms with Gasteiger partial charge in [0.25, 0.3) is 0 Å². The maximum Gasteiger partial charge on any atom is 0.220 e. The Balaban J connectivity index is 1.71. The summed E-state index contributed by atoms with van der Waals surface area (Å²) in [5.74, 6) is 1.11. The fraction of sp³-hybridized carbons (Fsp3) is 0.476. The predicted molar refractivity (Wildman–Crippen MR) is 112 cm³/mol. The Morgan fingerprint density at radius 1 is 1.32 bits per heavy atom. The van der Waals surface area contributed by atoms with Crippen molar-refractivity contribution in [1.29, 1.82) is 0 Å². The minimum atomic E-state index is -0.0740. The molecule has 0 saturated carbocycles. The zero-order valence-corrected chi connectivity index (χ0v) is 17.8. The van der Waals surface area contributed by atoms with Gasteiger partial charge < -0.3 is 10.1 Å². The average Bonchev–Trinajstić information content (AvgIpc) is 3.32. The van der Waals surface area contributed by atoms with Gasteiger partial charge in [0.1, 0.15) is 11.9 Å². The third kappa shape index (κ3) is 3.63. The molecular weight excluding hydrogens is 372 g/mol. The summed E-state index contributed by atoms with van der Waals surface area (Å²) in [7, 11) is 0. The highest BCUT2D eigenvalue weighted by atomic mass is 32.1. The molecule has 4 rings (SSSR count). The SMILES string of the molecule is Cc1nc2cc(-c3cnn(C(C)(C)C)c3)cc(OC(C)C3CNC(=O)C3)c2s1. The molecular formula is C21H26N4O2S. The zero-order chi connectivity index (χ0) is 20.1. The highest BCUT2D eigenvalue weighted by Crippen LogP contribution is 2.37. The van der Waals surface area contributed by atoms with Crippen molar-refractivity contribution in [2.24, 2.45) is 5.92 Å². The molecule has 1 aromatic carbocycles. The Bertz CT molecular complexity index is 1030. The van der Waals surface area contributed by atoms with Crippen LogP contribution in [0.3, 0.4) is 0 Å². The van der Waals surface area contributed by atoms with Gasteiger partial charge >= 0.3 is 0 Å². The van der Waals surface area contributed by atoms with Crippen molar-refractivity contribution >= 4 is 27.5 Å². The lowest BCUT2D eigenvalue weighted by atomic mass is 10.0. The third-order valence-corrected chi connectivity index (χ3v) is 6.15. The molecule has 0 spiro atoms. The molecule has 7 heteroatoms. The van der Waals surface area contributed by atoms with Gasteiger partial charge in [-0.05, 0) is 52.3 Å². The van der Waals surface area contributed by atoms with Gasteiger partial charge in [0, 0.05) is 30.6 Å². The lowest BCUT2D eigenvalue weighted by Crippen LogP contribution is -2.25. The van der Waals surface area contributed by atoms with Crippen LogP contribution in [0.4, 0.5) is 0 Å². The van der Waals surface area contributed by atoms with Crippen LogP contribution in [0.5, 0.6) is 5.75 Å². The van der Waals surface area contributed by atoms with Gasteiger partial charge in [-0.25, -0.2) is 4.98 Å². The molecule has 1 saturated heterocycles. The number of aryl methyl sites for hydroxylation is 1. The lowest BCUT2D eigenvalue weighted by molar-refractivity contribution is -0.119. The molecule has 3 aromatic rings. The molecule has 28 heavy (non-hydrogen) atoms. The Labute approximate surface area is 168 Å². The maximum absolute atomic E-state index is 11.6. The summed E-state index contributed by atoms with van der Waals surface area (Å²) in [5.41, 5.74) is 2.94. The normalized spacial score (nSPS) is 18.5. The van der Waals surface area contributed by atoms with Crippen LogP contribution in [-0.2, 0) is 10.3 Å². The molecule has 1 fully saturated rings. The van der Waals surface area contributed by atoms with Crippen molar-refractivity contribution in [1.82, 2.24) is 20.1 Å². The molecule has 1 aliphatic heterocycles. The van der Waals surface area contributed by atoms with Gasteiger partial charge in [0.05, 0.1) is 27.0 Å². The first-order valence-electron chi connectivity index (χ1n) is 9.61. The van der Waals surface area contributed by atoms with E-state index in [1.807, 2.05) is 24.7 Å². The Kier molecular flexibility index (Phi) is 4.65. The van der Waals surface area contributed by atoms with Crippen LogP contribution in [-0.4, -0.2) is 33.3 Å². The number of rotatable bonds is 4. The molecule has 2 aromatic heterocycles. The summed E-state index contributed by atoms with van der Waals surface area (Å²) in [5, 5.41) is 8.42. The predicted octanol–water partition coefficient (Wildman–Crippen LogP) is 4.13. The van der Waals surface area contributed by atoms with E-state index in [0.717, 1.165) is 32.1 Å². The number of ether oxygens (including phenoxy) is 1. The maximum atomic E-state index is 11.6. The average molecular weight is 399 g/mol. The van der Waals surface area contributed by atoms with E-state index in [0.29, 0.717) is 13.0 Å². The van der Waals surface area contributed by atoms with Crippen molar-refractivity contribution in [3.05, 3.63) is 29.5 Å². The second-order valence-electron chi connectivity index (χ2n) is 8.49. The van der Waals surface area contributed by atoms with E-state index in [4.69, 9.17) is 4.74 Å². The fourth-order valence-electron chi connectivity index (χ4n) is 3.46. The summed E-state index contributed by atoms with van der Waals surface area (Å²) in [4.78, 5) is 16.2. The highest BCUT2D eigenvalue weighted by molar-refractivity contribution is 7.18. The quantitative estimate of drug-likeness (QED) is 0.718. The van der Waals surface area contributed by atoms with Crippen molar-refractivity contribution in [3.63, 3.8) is 0 Å². The smallest absolute Gasteiger partial charge is 0.220 e. The van der Waals surface area contributed by atoms with Gasteiger partial charge in [0.2, 0.25) is 5.91 Å². The molecule has 148 valence electrons. The zero-order valence-electron chi connectivity index (χ0n) is 16.9. The summed E-state index contributed by atoms with van der Waals surface area (Å²) in [6.07, 6.45) is 4.41. The molecule has 3 heterocycles. The van der Waals surface area contributed by atoms with E-state index in [-0.39, 0.29) is 23.5 Å². The van der Waals surface area contributed by atoms with Crippen molar-refractivity contribution in [2.45, 2.75) is 52.7 Å². The Morgan fingerprint density at radius 2 is 2.11 bits per heavy atom. The second-order valence-corrected chi connectivity index (χ2v) is 9.69. The van der Waals surface area contributed by atoms with Gasteiger partial charge in [-0.2, -0.15) is 5.10 Å². The van der Waals surface area contributed by atoms with E-state index < -0.39 is 0 Å². The summed E-state index contributed by atoms with van der Waals surface area (Å²) in [6.45, 7) is 11.1. The largest absolute Gasteiger partial charge is 0.489 e. The van der Waals surface area contributed by atoms with E-state index in [9.17, 15) is 4.79 Å². The summed E-state index contributed by atoms with van der Waals surface area (Å²) < 4.78 is 9.38. The van der Waals surface area contributed by atoms with Crippen molar-refractivity contribution in [3.8, 4) is 16.9 Å². The van der Waals surface area contributed by atoms with Crippen LogP contribution >= 0.6 is 11.3 Å². The van der Waals surface area contributed by atoms with Gasteiger partial charge in [-0.15, -0.1) is 11.3 Å². The number of fused-ring (bicyclic) bond motifs is 1. The highest BCUT2D eigenvalue weighted by Gasteiger charge is 2.28. The minimum absolute atomic E-state index is 0.0582. The first kappa shape index (κ1) is 18.9. The van der Waals surface area contributed by atoms with Gasteiger partial charge in [0.15, 0.2) is 0 Å². The fourth-order valence-corrected chi connectivity index (χ4v) is 4.32. The first-order chi connectivity index (χ1) is 13.2. The Hall–Kier alpha value is -2.41. The number of benzene rings is 1. The number of amides is 1. The van der Waals surface area contributed by atoms with E-state index in [1.54, 1.807) is 11.3 Å². The van der Waals surface area contributed by atoms with Crippen molar-refractivity contribution in [2.75, 3.05) is 6.54 Å². The molecule has 2 atom stereocenters. The molecule has 1 amide bonds. The molecule has 2 unspecified atom stereocenters. The monoisotopic (exact) mass is 398 g/mol. The lowest BCUT2D eigenvalue weighted by Gasteiger charge is -2.20. The molecule has 0 aliphatic carbocycles. The number of nitrogens with zero attached hydrogens (tertiary/aromatic N) is 3. The number of hydrogen-bond acceptors (Lipinski definition) is 5.